The molecule has 2 saturated heterocycles. The van der Waals surface area contributed by atoms with Gasteiger partial charge < -0.3 is 34.8 Å². The predicted octanol–water partition coefficient (Wildman–Crippen LogP) is 3.30. The molecule has 4 N–H and O–H groups in total. The van der Waals surface area contributed by atoms with Crippen molar-refractivity contribution in [1.82, 2.24) is 9.97 Å². The number of benzene rings is 1. The van der Waals surface area contributed by atoms with E-state index in [0.717, 1.165) is 5.56 Å². The van der Waals surface area contributed by atoms with E-state index < -0.39 is 42.2 Å². The van der Waals surface area contributed by atoms with E-state index in [1.165, 1.54) is 12.6 Å². The maximum Gasteiger partial charge on any atom is 0.323 e. The Labute approximate surface area is 206 Å². The van der Waals surface area contributed by atoms with Crippen molar-refractivity contribution in [3.8, 4) is 0 Å². The van der Waals surface area contributed by atoms with E-state index in [2.05, 4.69) is 9.97 Å². The highest BCUT2D eigenvalue weighted by Crippen LogP contribution is 2.54. The monoisotopic (exact) mass is 502 g/mol. The first-order valence-electron chi connectivity index (χ1n) is 11.3. The first-order chi connectivity index (χ1) is 16.7. The molecule has 3 aromatic rings. The number of aromatic nitrogens is 2. The lowest BCUT2D eigenvalue weighted by molar-refractivity contribution is -0.168. The largest absolute Gasteiger partial charge is 0.462 e. The molecule has 2 aromatic heterocycles. The molecule has 4 heterocycles. The van der Waals surface area contributed by atoms with Crippen LogP contribution in [0.3, 0.4) is 0 Å². The molecule has 186 valence electrons. The van der Waals surface area contributed by atoms with E-state index in [0.29, 0.717) is 21.7 Å². The zero-order valence-electron chi connectivity index (χ0n) is 19.5. The van der Waals surface area contributed by atoms with Crippen molar-refractivity contribution in [3.05, 3.63) is 53.0 Å². The van der Waals surface area contributed by atoms with E-state index in [4.69, 9.17) is 46.4 Å². The van der Waals surface area contributed by atoms with E-state index in [1.54, 1.807) is 12.1 Å². The van der Waals surface area contributed by atoms with Crippen LogP contribution in [0.1, 0.15) is 44.3 Å². The molecule has 35 heavy (non-hydrogen) atoms. The van der Waals surface area contributed by atoms with Crippen LogP contribution in [0.15, 0.2) is 41.3 Å². The number of hydrogen-bond acceptors (Lipinski definition) is 10. The molecule has 2 aliphatic rings. The first kappa shape index (κ1) is 24.0. The summed E-state index contributed by atoms with van der Waals surface area (Å²) in [4.78, 5) is 20.7. The number of ether oxygens (including phenoxy) is 4. The van der Waals surface area contributed by atoms with Crippen LogP contribution in [0.5, 0.6) is 0 Å². The summed E-state index contributed by atoms with van der Waals surface area (Å²) in [6.07, 6.45) is 0.367. The molecule has 10 nitrogen and oxygen atoms in total. The normalized spacial score (nSPS) is 29.0. The SMILES string of the molecule is CC(C)C(N)C(=O)OC[C@H]1O[C@@H](c2coc3c(N)ncnc23)[C@]2(C)OC(c3ccc(Cl)cc3)O[C@H]12. The highest BCUT2D eigenvalue weighted by Gasteiger charge is 2.62. The summed E-state index contributed by atoms with van der Waals surface area (Å²) >= 11 is 6.05. The number of nitrogens with zero attached hydrogens (tertiary/aromatic N) is 2. The average molecular weight is 503 g/mol. The highest BCUT2D eigenvalue weighted by molar-refractivity contribution is 6.30. The summed E-state index contributed by atoms with van der Waals surface area (Å²) in [5.74, 6) is -0.347. The zero-order chi connectivity index (χ0) is 24.9. The Bertz CT molecular complexity index is 1230. The van der Waals surface area contributed by atoms with E-state index in [9.17, 15) is 4.79 Å². The van der Waals surface area contributed by atoms with Crippen LogP contribution in [0.4, 0.5) is 5.82 Å². The fourth-order valence-corrected chi connectivity index (χ4v) is 4.65. The summed E-state index contributed by atoms with van der Waals surface area (Å²) in [6.45, 7) is 5.55. The highest BCUT2D eigenvalue weighted by atomic mass is 35.5. The number of carbonyl (C=O) groups excluding carboxylic acids is 1. The number of rotatable bonds is 6. The van der Waals surface area contributed by atoms with Gasteiger partial charge in [0.2, 0.25) is 0 Å². The molecule has 0 spiro atoms. The maximum absolute atomic E-state index is 12.4. The Hall–Kier alpha value is -2.76. The van der Waals surface area contributed by atoms with Crippen molar-refractivity contribution in [1.29, 1.82) is 0 Å². The number of nitrogens with two attached hydrogens (primary N) is 2. The standard InChI is InChI=1S/C24H27ClN4O6/c1-11(2)16(26)22(30)32-9-15-20-24(3,35-23(34-20)12-4-6-13(25)7-5-12)19(33-15)14-8-31-18-17(14)28-10-29-21(18)27/h4-8,10-11,15-16,19-20,23H,9,26H2,1-3H3,(H2,27,28,29)/t15-,16?,19+,20-,23?,24+/m1/s1. The summed E-state index contributed by atoms with van der Waals surface area (Å²) < 4.78 is 30.3. The van der Waals surface area contributed by atoms with Gasteiger partial charge in [-0.3, -0.25) is 4.79 Å². The Morgan fingerprint density at radius 3 is 2.69 bits per heavy atom. The number of fused-ring (bicyclic) bond motifs is 2. The van der Waals surface area contributed by atoms with Gasteiger partial charge in [-0.15, -0.1) is 0 Å². The van der Waals surface area contributed by atoms with Gasteiger partial charge in [-0.2, -0.15) is 0 Å². The van der Waals surface area contributed by atoms with E-state index >= 15 is 0 Å². The van der Waals surface area contributed by atoms with Crippen LogP contribution in [-0.2, 0) is 23.7 Å². The van der Waals surface area contributed by atoms with Crippen molar-refractivity contribution in [2.24, 2.45) is 11.7 Å². The third-order valence-corrected chi connectivity index (χ3v) is 6.83. The van der Waals surface area contributed by atoms with Gasteiger partial charge in [0, 0.05) is 16.1 Å². The summed E-state index contributed by atoms with van der Waals surface area (Å²) in [5.41, 5.74) is 13.2. The minimum Gasteiger partial charge on any atom is -0.462 e. The van der Waals surface area contributed by atoms with Gasteiger partial charge in [-0.25, -0.2) is 9.97 Å². The first-order valence-corrected chi connectivity index (χ1v) is 11.7. The van der Waals surface area contributed by atoms with Gasteiger partial charge in [0.1, 0.15) is 48.4 Å². The van der Waals surface area contributed by atoms with Crippen molar-refractivity contribution >= 4 is 34.5 Å². The predicted molar refractivity (Wildman–Crippen MR) is 126 cm³/mol. The van der Waals surface area contributed by atoms with Gasteiger partial charge in [0.05, 0.1) is 6.26 Å². The third-order valence-electron chi connectivity index (χ3n) is 6.58. The second-order valence-electron chi connectivity index (χ2n) is 9.32. The fourth-order valence-electron chi connectivity index (χ4n) is 4.52. The number of anilines is 1. The second-order valence-corrected chi connectivity index (χ2v) is 9.76. The molecule has 2 unspecified atom stereocenters. The Morgan fingerprint density at radius 1 is 1.23 bits per heavy atom. The molecule has 6 atom stereocenters. The molecule has 5 rings (SSSR count). The average Bonchev–Trinajstić information content (AvgIpc) is 3.48. The molecule has 0 aliphatic carbocycles. The van der Waals surface area contributed by atoms with Crippen LogP contribution in [0, 0.1) is 5.92 Å². The van der Waals surface area contributed by atoms with Gasteiger partial charge in [-0.1, -0.05) is 37.6 Å². The van der Waals surface area contributed by atoms with Gasteiger partial charge in [-0.05, 0) is 25.0 Å². The number of carbonyl (C=O) groups is 1. The fraction of sp³-hybridized carbons (Fsp3) is 0.458. The molecule has 0 saturated carbocycles. The lowest BCUT2D eigenvalue weighted by atomic mass is 9.89. The molecular formula is C24H27ClN4O6. The molecule has 0 bridgehead atoms. The van der Waals surface area contributed by atoms with Crippen LogP contribution in [-0.4, -0.2) is 46.4 Å². The zero-order valence-corrected chi connectivity index (χ0v) is 20.3. The maximum atomic E-state index is 12.4. The number of halogens is 1. The Morgan fingerprint density at radius 2 is 1.97 bits per heavy atom. The van der Waals surface area contributed by atoms with Crippen molar-refractivity contribution in [2.45, 2.75) is 57.0 Å². The van der Waals surface area contributed by atoms with Gasteiger partial charge in [0.15, 0.2) is 17.7 Å². The lowest BCUT2D eigenvalue weighted by Crippen LogP contribution is -2.42. The minimum atomic E-state index is -0.960. The third kappa shape index (κ3) is 4.15. The van der Waals surface area contributed by atoms with Crippen LogP contribution in [0.25, 0.3) is 11.1 Å². The Kier molecular flexibility index (Phi) is 6.18. The minimum absolute atomic E-state index is 0.0559. The van der Waals surface area contributed by atoms with Crippen LogP contribution >= 0.6 is 11.6 Å². The molecular weight excluding hydrogens is 476 g/mol. The van der Waals surface area contributed by atoms with Crippen molar-refractivity contribution in [3.63, 3.8) is 0 Å². The van der Waals surface area contributed by atoms with Gasteiger partial charge >= 0.3 is 5.97 Å². The van der Waals surface area contributed by atoms with E-state index in [1.807, 2.05) is 32.9 Å². The summed E-state index contributed by atoms with van der Waals surface area (Å²) in [5, 5.41) is 0.604. The number of esters is 1. The summed E-state index contributed by atoms with van der Waals surface area (Å²) in [7, 11) is 0. The number of furan rings is 1. The van der Waals surface area contributed by atoms with E-state index in [-0.39, 0.29) is 18.3 Å². The number of nitrogen functional groups attached to an aromatic ring is 1. The number of hydrogen-bond donors (Lipinski definition) is 2. The lowest BCUT2D eigenvalue weighted by Gasteiger charge is -2.27. The molecule has 0 amide bonds. The summed E-state index contributed by atoms with van der Waals surface area (Å²) in [6, 6.07) is 6.47. The van der Waals surface area contributed by atoms with Crippen LogP contribution < -0.4 is 11.5 Å². The Balaban J connectivity index is 1.47. The molecule has 1 aromatic carbocycles. The second kappa shape index (κ2) is 9.03. The quantitative estimate of drug-likeness (QED) is 0.481. The smallest absolute Gasteiger partial charge is 0.323 e. The molecule has 0 radical (unpaired) electrons. The topological polar surface area (TPSA) is 145 Å². The van der Waals surface area contributed by atoms with Crippen molar-refractivity contribution in [2.75, 3.05) is 12.3 Å². The van der Waals surface area contributed by atoms with Crippen molar-refractivity contribution < 1.29 is 28.2 Å². The van der Waals surface area contributed by atoms with Crippen LogP contribution in [0.2, 0.25) is 5.02 Å². The molecule has 2 aliphatic heterocycles. The molecule has 2 fully saturated rings. The van der Waals surface area contributed by atoms with Gasteiger partial charge in [0.25, 0.3) is 0 Å². The molecule has 11 heteroatoms.